The van der Waals surface area contributed by atoms with Crippen molar-refractivity contribution in [2.45, 2.75) is 38.8 Å². The Bertz CT molecular complexity index is 1130. The molecule has 1 saturated heterocycles. The second-order valence-electron chi connectivity index (χ2n) is 7.89. The molecule has 1 N–H and O–H groups in total. The molecule has 2 aromatic heterocycles. The summed E-state index contributed by atoms with van der Waals surface area (Å²) < 4.78 is 14.6. The number of hydrogen-bond acceptors (Lipinski definition) is 5. The van der Waals surface area contributed by atoms with Crippen LogP contribution in [0.15, 0.2) is 42.7 Å². The summed E-state index contributed by atoms with van der Waals surface area (Å²) in [6, 6.07) is 7.41. The van der Waals surface area contributed by atoms with Crippen molar-refractivity contribution < 1.29 is 14.0 Å². The minimum Gasteiger partial charge on any atom is -0.348 e. The Hall–Kier alpha value is -3.62. The van der Waals surface area contributed by atoms with Crippen molar-refractivity contribution in [1.29, 1.82) is 0 Å². The Kier molecular flexibility index (Phi) is 6.25. The molecule has 1 aliphatic rings. The van der Waals surface area contributed by atoms with Crippen LogP contribution < -0.4 is 5.32 Å². The number of rotatable bonds is 5. The number of carbonyl (C=O) groups excluding carboxylic acids is 2. The van der Waals surface area contributed by atoms with E-state index in [1.54, 1.807) is 47.9 Å². The smallest absolute Gasteiger partial charge is 0.272 e. The van der Waals surface area contributed by atoms with Gasteiger partial charge in [0.2, 0.25) is 0 Å². The first-order chi connectivity index (χ1) is 15.4. The second kappa shape index (κ2) is 9.25. The van der Waals surface area contributed by atoms with E-state index in [9.17, 15) is 14.0 Å². The number of carbonyl (C=O) groups is 2. The molecule has 0 bridgehead atoms. The number of likely N-dealkylation sites (tertiary alicyclic amines) is 1. The van der Waals surface area contributed by atoms with Gasteiger partial charge in [0.05, 0.1) is 17.3 Å². The summed E-state index contributed by atoms with van der Waals surface area (Å²) in [5.74, 6) is -0.187. The summed E-state index contributed by atoms with van der Waals surface area (Å²) in [5, 5.41) is 6.90. The van der Waals surface area contributed by atoms with Crippen molar-refractivity contribution in [3.8, 4) is 0 Å². The van der Waals surface area contributed by atoms with Crippen LogP contribution in [0.25, 0.3) is 0 Å². The first-order valence-electron chi connectivity index (χ1n) is 10.6. The Labute approximate surface area is 185 Å². The van der Waals surface area contributed by atoms with Gasteiger partial charge in [0.25, 0.3) is 11.8 Å². The van der Waals surface area contributed by atoms with Crippen LogP contribution in [0, 0.1) is 12.7 Å². The maximum atomic E-state index is 13.1. The van der Waals surface area contributed by atoms with Crippen LogP contribution in [0.3, 0.4) is 0 Å². The molecule has 0 unspecified atom stereocenters. The second-order valence-corrected chi connectivity index (χ2v) is 7.89. The van der Waals surface area contributed by atoms with E-state index in [2.05, 4.69) is 20.4 Å². The van der Waals surface area contributed by atoms with E-state index in [1.165, 1.54) is 18.3 Å². The summed E-state index contributed by atoms with van der Waals surface area (Å²) in [6.07, 6.45) is 5.77. The van der Waals surface area contributed by atoms with Crippen molar-refractivity contribution in [3.05, 3.63) is 76.9 Å². The molecule has 3 aromatic rings. The average molecular weight is 436 g/mol. The SMILES string of the molecule is Cc1nc([C@@H]2CCCCN2C(=O)c2ccnn2C)ncc1C(=O)NCc1ccc(F)cc1. The Balaban J connectivity index is 1.49. The quantitative estimate of drug-likeness (QED) is 0.664. The summed E-state index contributed by atoms with van der Waals surface area (Å²) >= 11 is 0. The highest BCUT2D eigenvalue weighted by Gasteiger charge is 2.32. The third-order valence-corrected chi connectivity index (χ3v) is 5.71. The van der Waals surface area contributed by atoms with E-state index in [-0.39, 0.29) is 30.2 Å². The number of aromatic nitrogens is 4. The lowest BCUT2D eigenvalue weighted by Gasteiger charge is -2.34. The zero-order chi connectivity index (χ0) is 22.7. The van der Waals surface area contributed by atoms with Crippen LogP contribution in [0.1, 0.15) is 63.2 Å². The predicted molar refractivity (Wildman–Crippen MR) is 115 cm³/mol. The minimum atomic E-state index is -0.321. The molecule has 4 rings (SSSR count). The molecule has 3 heterocycles. The molecule has 9 heteroatoms. The van der Waals surface area contributed by atoms with Gasteiger partial charge >= 0.3 is 0 Å². The third kappa shape index (κ3) is 4.51. The molecule has 1 atom stereocenters. The van der Waals surface area contributed by atoms with Crippen LogP contribution in [0.4, 0.5) is 4.39 Å². The van der Waals surface area contributed by atoms with Crippen LogP contribution in [-0.2, 0) is 13.6 Å². The molecule has 1 aliphatic heterocycles. The van der Waals surface area contributed by atoms with E-state index >= 15 is 0 Å². The molecule has 0 radical (unpaired) electrons. The number of halogens is 1. The van der Waals surface area contributed by atoms with Crippen molar-refractivity contribution >= 4 is 11.8 Å². The summed E-state index contributed by atoms with van der Waals surface area (Å²) in [7, 11) is 1.74. The Morgan fingerprint density at radius 2 is 1.97 bits per heavy atom. The van der Waals surface area contributed by atoms with Crippen molar-refractivity contribution in [3.63, 3.8) is 0 Å². The van der Waals surface area contributed by atoms with E-state index in [1.807, 2.05) is 0 Å². The van der Waals surface area contributed by atoms with Gasteiger partial charge in [-0.15, -0.1) is 0 Å². The van der Waals surface area contributed by atoms with Crippen LogP contribution in [0.5, 0.6) is 0 Å². The number of nitrogens with one attached hydrogen (secondary N) is 1. The monoisotopic (exact) mass is 436 g/mol. The van der Waals surface area contributed by atoms with Gasteiger partial charge in [-0.1, -0.05) is 12.1 Å². The fourth-order valence-electron chi connectivity index (χ4n) is 3.92. The largest absolute Gasteiger partial charge is 0.348 e. The van der Waals surface area contributed by atoms with Crippen molar-refractivity contribution in [2.24, 2.45) is 7.05 Å². The summed E-state index contributed by atoms with van der Waals surface area (Å²) in [4.78, 5) is 36.5. The van der Waals surface area contributed by atoms with Gasteiger partial charge in [0.1, 0.15) is 11.5 Å². The lowest BCUT2D eigenvalue weighted by molar-refractivity contribution is 0.0587. The standard InChI is InChI=1S/C23H25FN6O2/c1-15-18(22(31)26-13-16-6-8-17(24)9-7-16)14-25-21(28-15)19-5-3-4-12-30(19)23(32)20-10-11-27-29(20)2/h6-11,14,19H,3-5,12-13H2,1-2H3,(H,26,31)/t19-/m0/s1. The zero-order valence-corrected chi connectivity index (χ0v) is 18.1. The topological polar surface area (TPSA) is 93.0 Å². The van der Waals surface area contributed by atoms with Crippen LogP contribution in [0.2, 0.25) is 0 Å². The summed E-state index contributed by atoms with van der Waals surface area (Å²) in [6.45, 7) is 2.65. The van der Waals surface area contributed by atoms with Gasteiger partial charge in [-0.25, -0.2) is 14.4 Å². The van der Waals surface area contributed by atoms with Crippen LogP contribution in [-0.4, -0.2) is 43.0 Å². The molecule has 166 valence electrons. The first kappa shape index (κ1) is 21.6. The molecule has 1 aromatic carbocycles. The fraction of sp³-hybridized carbons (Fsp3) is 0.348. The lowest BCUT2D eigenvalue weighted by Crippen LogP contribution is -2.40. The van der Waals surface area contributed by atoms with Gasteiger partial charge in [-0.05, 0) is 49.9 Å². The van der Waals surface area contributed by atoms with E-state index < -0.39 is 0 Å². The molecular formula is C23H25FN6O2. The molecule has 2 amide bonds. The van der Waals surface area contributed by atoms with Gasteiger partial charge in [-0.3, -0.25) is 14.3 Å². The number of hydrogen-bond donors (Lipinski definition) is 1. The first-order valence-corrected chi connectivity index (χ1v) is 10.6. The van der Waals surface area contributed by atoms with Gasteiger partial charge < -0.3 is 10.2 Å². The fourth-order valence-corrected chi connectivity index (χ4v) is 3.92. The van der Waals surface area contributed by atoms with E-state index in [0.29, 0.717) is 29.3 Å². The third-order valence-electron chi connectivity index (χ3n) is 5.71. The Morgan fingerprint density at radius 1 is 1.19 bits per heavy atom. The highest BCUT2D eigenvalue weighted by molar-refractivity contribution is 5.95. The van der Waals surface area contributed by atoms with Crippen LogP contribution >= 0.6 is 0 Å². The van der Waals surface area contributed by atoms with Gasteiger partial charge in [0.15, 0.2) is 5.82 Å². The zero-order valence-electron chi connectivity index (χ0n) is 18.1. The Morgan fingerprint density at radius 3 is 2.66 bits per heavy atom. The highest BCUT2D eigenvalue weighted by atomic mass is 19.1. The van der Waals surface area contributed by atoms with Crippen molar-refractivity contribution in [1.82, 2.24) is 30.0 Å². The van der Waals surface area contributed by atoms with Crippen molar-refractivity contribution in [2.75, 3.05) is 6.54 Å². The highest BCUT2D eigenvalue weighted by Crippen LogP contribution is 2.30. The molecule has 0 spiro atoms. The molecule has 1 fully saturated rings. The van der Waals surface area contributed by atoms with E-state index in [4.69, 9.17) is 0 Å². The number of amides is 2. The maximum absolute atomic E-state index is 13.1. The number of benzene rings is 1. The molecular weight excluding hydrogens is 411 g/mol. The predicted octanol–water partition coefficient (Wildman–Crippen LogP) is 2.96. The number of aryl methyl sites for hydroxylation is 2. The maximum Gasteiger partial charge on any atom is 0.272 e. The molecule has 0 saturated carbocycles. The average Bonchev–Trinajstić information content (AvgIpc) is 3.23. The number of nitrogens with zero attached hydrogens (tertiary/aromatic N) is 5. The van der Waals surface area contributed by atoms with Gasteiger partial charge in [-0.2, -0.15) is 5.10 Å². The minimum absolute atomic E-state index is 0.0999. The number of piperidine rings is 1. The molecule has 8 nitrogen and oxygen atoms in total. The summed E-state index contributed by atoms with van der Waals surface area (Å²) in [5.41, 5.74) is 2.23. The van der Waals surface area contributed by atoms with Gasteiger partial charge in [0, 0.05) is 32.5 Å². The molecule has 0 aliphatic carbocycles. The van der Waals surface area contributed by atoms with E-state index in [0.717, 1.165) is 24.8 Å². The lowest BCUT2D eigenvalue weighted by atomic mass is 10.0. The molecule has 32 heavy (non-hydrogen) atoms. The normalized spacial score (nSPS) is 16.1.